The average molecular weight is 1200 g/mol. The van der Waals surface area contributed by atoms with Crippen molar-refractivity contribution in [2.24, 2.45) is 11.5 Å². The molecule has 79 heavy (non-hydrogen) atoms. The summed E-state index contributed by atoms with van der Waals surface area (Å²) in [6.45, 7) is 7.57. The predicted molar refractivity (Wildman–Crippen MR) is 319 cm³/mol. The fourth-order valence-corrected chi connectivity index (χ4v) is 9.67. The number of carbonyl (C=O) groups is 3. The molecule has 20 heteroatoms. The highest BCUT2D eigenvalue weighted by molar-refractivity contribution is 6.36. The van der Waals surface area contributed by atoms with E-state index in [0.717, 1.165) is 50.1 Å². The molecule has 6 aromatic carbocycles. The molecule has 0 heterocycles. The molecule has 0 radical (unpaired) electrons. The Balaban J connectivity index is 0.000000255. The van der Waals surface area contributed by atoms with Gasteiger partial charge in [-0.05, 0) is 152 Å². The van der Waals surface area contributed by atoms with Gasteiger partial charge in [0.05, 0.1) is 49.0 Å². The normalized spacial score (nSPS) is 14.9. The molecule has 0 fully saturated rings. The van der Waals surface area contributed by atoms with Gasteiger partial charge in [0.2, 0.25) is 17.7 Å². The molecule has 0 aliphatic rings. The van der Waals surface area contributed by atoms with Crippen molar-refractivity contribution in [1.29, 1.82) is 0 Å². The van der Waals surface area contributed by atoms with Crippen LogP contribution in [-0.4, -0.2) is 116 Å². The maximum absolute atomic E-state index is 11.9. The van der Waals surface area contributed by atoms with Crippen molar-refractivity contribution in [1.82, 2.24) is 16.0 Å². The van der Waals surface area contributed by atoms with Crippen LogP contribution in [-0.2, 0) is 33.6 Å². The highest BCUT2D eigenvalue weighted by Gasteiger charge is 2.28. The van der Waals surface area contributed by atoms with Gasteiger partial charge in [-0.3, -0.25) is 14.4 Å². The second-order valence-corrected chi connectivity index (χ2v) is 21.8. The minimum Gasteiger partial charge on any atom is -0.391 e. The zero-order valence-electron chi connectivity index (χ0n) is 44.3. The number of benzene rings is 6. The van der Waals surface area contributed by atoms with Crippen LogP contribution in [0.5, 0.6) is 0 Å². The molecule has 6 rings (SSSR count). The van der Waals surface area contributed by atoms with Crippen LogP contribution >= 0.6 is 69.6 Å². The maximum atomic E-state index is 11.9. The fraction of sp³-hybridized carbons (Fsp3) is 0.339. The van der Waals surface area contributed by atoms with Crippen molar-refractivity contribution in [2.45, 2.75) is 121 Å². The summed E-state index contributed by atoms with van der Waals surface area (Å²) >= 11 is 36.3. The van der Waals surface area contributed by atoms with E-state index in [1.54, 1.807) is 32.0 Å². The Morgan fingerprint density at radius 1 is 0.418 bits per heavy atom. The summed E-state index contributed by atoms with van der Waals surface area (Å²) in [4.78, 5) is 35.2. The Labute approximate surface area is 492 Å². The molecule has 0 saturated heterocycles. The third-order valence-corrected chi connectivity index (χ3v) is 13.8. The molecule has 13 N–H and O–H groups in total. The van der Waals surface area contributed by atoms with Crippen molar-refractivity contribution in [2.75, 3.05) is 6.54 Å². The van der Waals surface area contributed by atoms with Gasteiger partial charge < -0.3 is 58.1 Å². The van der Waals surface area contributed by atoms with Crippen LogP contribution in [0.25, 0.3) is 33.4 Å². The fourth-order valence-electron chi connectivity index (χ4n) is 8.09. The third kappa shape index (κ3) is 22.2. The van der Waals surface area contributed by atoms with Crippen LogP contribution in [0.15, 0.2) is 127 Å². The molecule has 6 aromatic rings. The second-order valence-electron chi connectivity index (χ2n) is 19.2. The number of halogens is 6. The van der Waals surface area contributed by atoms with E-state index in [9.17, 15) is 45.0 Å². The van der Waals surface area contributed by atoms with Gasteiger partial charge >= 0.3 is 0 Å². The topological polar surface area (TPSA) is 261 Å². The first kappa shape index (κ1) is 66.7. The average Bonchev–Trinajstić information content (AvgIpc) is 3.39. The molecule has 14 nitrogen and oxygen atoms in total. The SMILES string of the molecule is CC(O)C(O)C(Cc1ccc(-c2cc(Cl)cc(Cl)c2)cc1)NC(=O)CN.CC(O)C(O)C(Cc1ccc(-c2cc(Cl)cc(Cl)c2)cc1)NC(=O)[C@H](C)N.CCC(=O)NC(Cc1ccc(-c2cc(Cl)cc(Cl)c2)cc1)C(O)C(C)O. The lowest BCUT2D eigenvalue weighted by Gasteiger charge is -2.27. The van der Waals surface area contributed by atoms with Crippen molar-refractivity contribution >= 4 is 87.3 Å². The van der Waals surface area contributed by atoms with Crippen LogP contribution in [0, 0.1) is 0 Å². The Kier molecular flexibility index (Phi) is 27.5. The lowest BCUT2D eigenvalue weighted by atomic mass is 9.96. The van der Waals surface area contributed by atoms with Gasteiger partial charge in [-0.15, -0.1) is 0 Å². The highest BCUT2D eigenvalue weighted by Crippen LogP contribution is 2.31. The zero-order chi connectivity index (χ0) is 58.7. The third-order valence-electron chi connectivity index (χ3n) is 12.5. The standard InChI is InChI=1S/C20H24Cl2N2O3.C20H23Cl2NO3.C19H22Cl2N2O3/c1-11(23)20(27)24-18(19(26)12(2)25)7-13-3-5-14(6-4-13)15-8-16(21)10-17(22)9-15;1-3-19(25)23-18(20(26)12(2)24)8-13-4-6-14(7-5-13)15-9-16(21)11-17(22)10-15;1-11(24)19(26)17(23-18(25)10-22)6-12-2-4-13(5-3-12)14-7-15(20)9-16(21)8-14/h3-6,8-12,18-19,25-26H,7,23H2,1-2H3,(H,24,27);4-7,9-12,18,20,24,26H,3,8H2,1-2H3,(H,23,25);2-5,7-9,11,17,19,24,26H,6,10,22H2,1H3,(H,23,25)/t11-,12?,18?,19?;;/m0../s1. The Morgan fingerprint density at radius 2 is 0.671 bits per heavy atom. The Bertz CT molecular complexity index is 2710. The summed E-state index contributed by atoms with van der Waals surface area (Å²) in [6, 6.07) is 36.4. The van der Waals surface area contributed by atoms with Gasteiger partial charge in [0.25, 0.3) is 0 Å². The lowest BCUT2D eigenvalue weighted by Crippen LogP contribution is -2.52. The van der Waals surface area contributed by atoms with Crippen molar-refractivity contribution in [3.05, 3.63) is 174 Å². The first-order valence-electron chi connectivity index (χ1n) is 25.4. The second kappa shape index (κ2) is 32.6. The van der Waals surface area contributed by atoms with Gasteiger partial charge in [-0.1, -0.05) is 149 Å². The van der Waals surface area contributed by atoms with Crippen LogP contribution in [0.2, 0.25) is 30.1 Å². The molecule has 426 valence electrons. The van der Waals surface area contributed by atoms with Crippen molar-refractivity contribution in [3.63, 3.8) is 0 Å². The predicted octanol–water partition coefficient (Wildman–Crippen LogP) is 9.00. The smallest absolute Gasteiger partial charge is 0.236 e. The maximum Gasteiger partial charge on any atom is 0.236 e. The minimum atomic E-state index is -1.11. The molecular weight excluding hydrogens is 1140 g/mol. The van der Waals surface area contributed by atoms with E-state index in [0.29, 0.717) is 55.8 Å². The summed E-state index contributed by atoms with van der Waals surface area (Å²) in [5.41, 5.74) is 19.2. The summed E-state index contributed by atoms with van der Waals surface area (Å²) in [6.07, 6.45) is -4.73. The molecule has 9 unspecified atom stereocenters. The van der Waals surface area contributed by atoms with Crippen molar-refractivity contribution in [3.8, 4) is 33.4 Å². The number of amides is 3. The number of aliphatic hydroxyl groups excluding tert-OH is 6. The van der Waals surface area contributed by atoms with E-state index in [1.807, 2.05) is 109 Å². The summed E-state index contributed by atoms with van der Waals surface area (Å²) in [5.74, 6) is -0.940. The molecule has 0 aromatic heterocycles. The van der Waals surface area contributed by atoms with E-state index in [1.165, 1.54) is 20.8 Å². The van der Waals surface area contributed by atoms with E-state index in [4.69, 9.17) is 81.1 Å². The molecule has 0 saturated carbocycles. The van der Waals surface area contributed by atoms with Gasteiger partial charge in [0.15, 0.2) is 0 Å². The van der Waals surface area contributed by atoms with E-state index in [-0.39, 0.29) is 24.3 Å². The summed E-state index contributed by atoms with van der Waals surface area (Å²) in [7, 11) is 0. The molecule has 10 atom stereocenters. The van der Waals surface area contributed by atoms with Crippen LogP contribution < -0.4 is 27.4 Å². The summed E-state index contributed by atoms with van der Waals surface area (Å²) < 4.78 is 0. The molecule has 0 spiro atoms. The molecule has 0 aliphatic heterocycles. The quantitative estimate of drug-likeness (QED) is 0.0324. The lowest BCUT2D eigenvalue weighted by molar-refractivity contribution is -0.124. The van der Waals surface area contributed by atoms with Gasteiger partial charge in [0, 0.05) is 36.6 Å². The Hall–Kier alpha value is -4.85. The number of rotatable bonds is 21. The monoisotopic (exact) mass is 1200 g/mol. The number of carbonyl (C=O) groups excluding carboxylic acids is 3. The zero-order valence-corrected chi connectivity index (χ0v) is 48.8. The molecule has 0 bridgehead atoms. The number of hydrogen-bond donors (Lipinski definition) is 11. The van der Waals surface area contributed by atoms with Gasteiger partial charge in [0.1, 0.15) is 18.3 Å². The molecule has 0 aliphatic carbocycles. The number of nitrogens with two attached hydrogens (primary N) is 2. The van der Waals surface area contributed by atoms with Crippen LogP contribution in [0.1, 0.15) is 57.7 Å². The van der Waals surface area contributed by atoms with E-state index < -0.39 is 60.8 Å². The number of nitrogens with one attached hydrogen (secondary N) is 3. The molecule has 3 amide bonds. The van der Waals surface area contributed by atoms with Crippen LogP contribution in [0.3, 0.4) is 0 Å². The largest absolute Gasteiger partial charge is 0.391 e. The Morgan fingerprint density at radius 3 is 0.899 bits per heavy atom. The number of hydrogen-bond acceptors (Lipinski definition) is 11. The first-order valence-corrected chi connectivity index (χ1v) is 27.6. The van der Waals surface area contributed by atoms with E-state index >= 15 is 0 Å². The minimum absolute atomic E-state index is 0.167. The highest BCUT2D eigenvalue weighted by atomic mass is 35.5. The first-order chi connectivity index (χ1) is 37.3. The molecular formula is C59H69Cl6N5O9. The van der Waals surface area contributed by atoms with E-state index in [2.05, 4.69) is 16.0 Å². The van der Waals surface area contributed by atoms with Gasteiger partial charge in [-0.2, -0.15) is 0 Å². The van der Waals surface area contributed by atoms with Gasteiger partial charge in [-0.25, -0.2) is 0 Å². The van der Waals surface area contributed by atoms with Crippen LogP contribution in [0.4, 0.5) is 0 Å². The number of aliphatic hydroxyl groups is 6. The van der Waals surface area contributed by atoms with Crippen molar-refractivity contribution < 1.29 is 45.0 Å². The summed E-state index contributed by atoms with van der Waals surface area (Å²) in [5, 5.41) is 71.1.